The van der Waals surface area contributed by atoms with E-state index < -0.39 is 11.6 Å². The van der Waals surface area contributed by atoms with E-state index in [-0.39, 0.29) is 11.1 Å². The first-order valence-corrected chi connectivity index (χ1v) is 5.04. The lowest BCUT2D eigenvalue weighted by atomic mass is 10.3. The zero-order valence-corrected chi connectivity index (χ0v) is 8.87. The van der Waals surface area contributed by atoms with Gasteiger partial charge in [-0.1, -0.05) is 0 Å². The van der Waals surface area contributed by atoms with E-state index in [2.05, 4.69) is 20.2 Å². The third-order valence-electron chi connectivity index (χ3n) is 2.45. The minimum absolute atomic E-state index is 0.289. The molecule has 0 aliphatic heterocycles. The molecule has 0 saturated heterocycles. The van der Waals surface area contributed by atoms with Gasteiger partial charge in [-0.25, -0.2) is 18.9 Å². The number of imidazole rings is 1. The predicted molar refractivity (Wildman–Crippen MR) is 59.9 cm³/mol. The standard InChI is InChI=1S/C11H6F2N4O/c12-5-3-8-9(4-6(5)13)15-11(14-8)7-1-2-10(18)17-16-7/h1-4H,(H,14,15)(H,17,18). The highest BCUT2D eigenvalue weighted by Crippen LogP contribution is 2.20. The SMILES string of the molecule is O=c1ccc(-c2nc3cc(F)c(F)cc3[nH]2)n[nH]1. The molecule has 2 N–H and O–H groups in total. The van der Waals surface area contributed by atoms with Gasteiger partial charge >= 0.3 is 0 Å². The summed E-state index contributed by atoms with van der Waals surface area (Å²) in [6.07, 6.45) is 0. The normalized spacial score (nSPS) is 11.0. The number of H-pyrrole nitrogens is 2. The maximum absolute atomic E-state index is 13.0. The molecule has 0 atom stereocenters. The van der Waals surface area contributed by atoms with Crippen molar-refractivity contribution in [3.05, 3.63) is 46.3 Å². The zero-order chi connectivity index (χ0) is 12.7. The molecule has 2 heterocycles. The summed E-state index contributed by atoms with van der Waals surface area (Å²) in [7, 11) is 0. The summed E-state index contributed by atoms with van der Waals surface area (Å²) in [5.41, 5.74) is 0.687. The lowest BCUT2D eigenvalue weighted by molar-refractivity contribution is 0.510. The second-order valence-electron chi connectivity index (χ2n) is 3.68. The van der Waals surface area contributed by atoms with Crippen LogP contribution >= 0.6 is 0 Å². The first-order valence-electron chi connectivity index (χ1n) is 5.04. The van der Waals surface area contributed by atoms with Crippen molar-refractivity contribution in [3.8, 4) is 11.5 Å². The van der Waals surface area contributed by atoms with Crippen LogP contribution in [0.15, 0.2) is 29.1 Å². The van der Waals surface area contributed by atoms with E-state index in [1.54, 1.807) is 0 Å². The molecule has 3 rings (SSSR count). The quantitative estimate of drug-likeness (QED) is 0.686. The van der Waals surface area contributed by atoms with E-state index in [1.165, 1.54) is 12.1 Å². The first kappa shape index (κ1) is 10.6. The van der Waals surface area contributed by atoms with Crippen molar-refractivity contribution in [3.63, 3.8) is 0 Å². The van der Waals surface area contributed by atoms with Crippen LogP contribution in [-0.4, -0.2) is 20.2 Å². The van der Waals surface area contributed by atoms with Gasteiger partial charge in [0.1, 0.15) is 5.69 Å². The van der Waals surface area contributed by atoms with Crippen LogP contribution in [0, 0.1) is 11.6 Å². The highest BCUT2D eigenvalue weighted by molar-refractivity contribution is 5.78. The van der Waals surface area contributed by atoms with Crippen molar-refractivity contribution >= 4 is 11.0 Å². The average molecular weight is 248 g/mol. The molecule has 0 aliphatic carbocycles. The molecule has 3 aromatic rings. The molecule has 90 valence electrons. The van der Waals surface area contributed by atoms with E-state index in [1.807, 2.05) is 0 Å². The summed E-state index contributed by atoms with van der Waals surface area (Å²) < 4.78 is 26.0. The lowest BCUT2D eigenvalue weighted by Gasteiger charge is -1.92. The second kappa shape index (κ2) is 3.73. The summed E-state index contributed by atoms with van der Waals surface area (Å²) >= 11 is 0. The Bertz CT molecular complexity index is 734. The van der Waals surface area contributed by atoms with Gasteiger partial charge in [0.05, 0.1) is 11.0 Å². The first-order chi connectivity index (χ1) is 8.63. The van der Waals surface area contributed by atoms with Crippen LogP contribution in [0.1, 0.15) is 0 Å². The molecule has 7 heteroatoms. The average Bonchev–Trinajstić information content (AvgIpc) is 2.73. The molecule has 0 bridgehead atoms. The Morgan fingerprint density at radius 1 is 1.11 bits per heavy atom. The van der Waals surface area contributed by atoms with Gasteiger partial charge in [-0.15, -0.1) is 0 Å². The Hall–Kier alpha value is -2.57. The summed E-state index contributed by atoms with van der Waals surface area (Å²) in [6, 6.07) is 4.77. The number of benzene rings is 1. The third kappa shape index (κ3) is 1.65. The van der Waals surface area contributed by atoms with Crippen LogP contribution < -0.4 is 5.56 Å². The summed E-state index contributed by atoms with van der Waals surface area (Å²) in [6.45, 7) is 0. The summed E-state index contributed by atoms with van der Waals surface area (Å²) in [5, 5.41) is 6.02. The molecule has 0 radical (unpaired) electrons. The van der Waals surface area contributed by atoms with Gasteiger partial charge in [0, 0.05) is 18.2 Å². The highest BCUT2D eigenvalue weighted by atomic mass is 19.2. The van der Waals surface area contributed by atoms with Gasteiger partial charge in [-0.3, -0.25) is 4.79 Å². The van der Waals surface area contributed by atoms with Crippen molar-refractivity contribution in [1.29, 1.82) is 0 Å². The number of hydrogen-bond acceptors (Lipinski definition) is 3. The minimum atomic E-state index is -0.963. The Balaban J connectivity index is 2.19. The van der Waals surface area contributed by atoms with Crippen LogP contribution in [0.3, 0.4) is 0 Å². The number of fused-ring (bicyclic) bond motifs is 1. The molecule has 0 spiro atoms. The maximum Gasteiger partial charge on any atom is 0.264 e. The van der Waals surface area contributed by atoms with Gasteiger partial charge in [-0.2, -0.15) is 5.10 Å². The lowest BCUT2D eigenvalue weighted by Crippen LogP contribution is -2.05. The number of halogens is 2. The Morgan fingerprint density at radius 2 is 1.89 bits per heavy atom. The largest absolute Gasteiger partial charge is 0.336 e. The Kier molecular flexibility index (Phi) is 2.19. The molecule has 2 aromatic heterocycles. The Labute approximate surface area is 98.5 Å². The zero-order valence-electron chi connectivity index (χ0n) is 8.87. The van der Waals surface area contributed by atoms with Crippen molar-refractivity contribution in [1.82, 2.24) is 20.2 Å². The fraction of sp³-hybridized carbons (Fsp3) is 0. The number of hydrogen-bond donors (Lipinski definition) is 2. The van der Waals surface area contributed by atoms with Crippen molar-refractivity contribution in [2.45, 2.75) is 0 Å². The second-order valence-corrected chi connectivity index (χ2v) is 3.68. The van der Waals surface area contributed by atoms with Crippen molar-refractivity contribution in [2.75, 3.05) is 0 Å². The number of aromatic amines is 2. The van der Waals surface area contributed by atoms with Crippen molar-refractivity contribution in [2.24, 2.45) is 0 Å². The predicted octanol–water partition coefficient (Wildman–Crippen LogP) is 1.59. The third-order valence-corrected chi connectivity index (χ3v) is 2.45. The summed E-state index contributed by atoms with van der Waals surface area (Å²) in [5.74, 6) is -1.59. The molecular weight excluding hydrogens is 242 g/mol. The van der Waals surface area contributed by atoms with E-state index in [4.69, 9.17) is 0 Å². The molecule has 0 unspecified atom stereocenters. The minimum Gasteiger partial charge on any atom is -0.336 e. The monoisotopic (exact) mass is 248 g/mol. The highest BCUT2D eigenvalue weighted by Gasteiger charge is 2.10. The van der Waals surface area contributed by atoms with Crippen LogP contribution in [0.5, 0.6) is 0 Å². The Morgan fingerprint density at radius 3 is 2.61 bits per heavy atom. The molecule has 0 saturated carbocycles. The molecule has 5 nitrogen and oxygen atoms in total. The van der Waals surface area contributed by atoms with Crippen LogP contribution in [0.25, 0.3) is 22.6 Å². The summed E-state index contributed by atoms with van der Waals surface area (Å²) in [4.78, 5) is 17.7. The fourth-order valence-corrected chi connectivity index (χ4v) is 1.60. The molecule has 0 amide bonds. The maximum atomic E-state index is 13.0. The van der Waals surface area contributed by atoms with Gasteiger partial charge < -0.3 is 4.98 Å². The van der Waals surface area contributed by atoms with Gasteiger partial charge in [0.2, 0.25) is 0 Å². The van der Waals surface area contributed by atoms with E-state index in [0.29, 0.717) is 17.0 Å². The van der Waals surface area contributed by atoms with E-state index in [9.17, 15) is 13.6 Å². The molecular formula is C11H6F2N4O. The van der Waals surface area contributed by atoms with Gasteiger partial charge in [-0.05, 0) is 6.07 Å². The number of nitrogens with zero attached hydrogens (tertiary/aromatic N) is 2. The number of rotatable bonds is 1. The van der Waals surface area contributed by atoms with E-state index in [0.717, 1.165) is 12.1 Å². The molecule has 0 fully saturated rings. The topological polar surface area (TPSA) is 74.4 Å². The van der Waals surface area contributed by atoms with Crippen molar-refractivity contribution < 1.29 is 8.78 Å². The smallest absolute Gasteiger partial charge is 0.264 e. The fourth-order valence-electron chi connectivity index (χ4n) is 1.60. The molecule has 1 aromatic carbocycles. The van der Waals surface area contributed by atoms with Crippen LogP contribution in [0.2, 0.25) is 0 Å². The van der Waals surface area contributed by atoms with E-state index >= 15 is 0 Å². The van der Waals surface area contributed by atoms with Crippen LogP contribution in [0.4, 0.5) is 8.78 Å². The number of aromatic nitrogens is 4. The van der Waals surface area contributed by atoms with Gasteiger partial charge in [0.15, 0.2) is 17.5 Å². The van der Waals surface area contributed by atoms with Crippen LogP contribution in [-0.2, 0) is 0 Å². The molecule has 18 heavy (non-hydrogen) atoms. The van der Waals surface area contributed by atoms with Gasteiger partial charge in [0.25, 0.3) is 5.56 Å². The number of nitrogens with one attached hydrogen (secondary N) is 2. The molecule has 0 aliphatic rings.